The van der Waals surface area contributed by atoms with Crippen LogP contribution in [0.15, 0.2) is 0 Å². The van der Waals surface area contributed by atoms with Gasteiger partial charge in [0.05, 0.1) is 24.1 Å². The molecule has 0 aliphatic heterocycles. The van der Waals surface area contributed by atoms with Crippen LogP contribution in [0.2, 0.25) is 0 Å². The van der Waals surface area contributed by atoms with E-state index < -0.39 is 28.1 Å². The van der Waals surface area contributed by atoms with E-state index in [-0.39, 0.29) is 41.2 Å². The number of carbonyl (C=O) groups excluding carboxylic acids is 1. The third-order valence-corrected chi connectivity index (χ3v) is 11.7. The Hall–Kier alpha value is -0.740. The highest BCUT2D eigenvalue weighted by Gasteiger charge is 2.65. The summed E-state index contributed by atoms with van der Waals surface area (Å²) < 4.78 is 30.5. The quantitative estimate of drug-likeness (QED) is 0.327. The minimum absolute atomic E-state index is 0.0479. The SMILES string of the molecule is C[C@H](CCC(=O)NCCS(=O)(=O)O)[C@H]1CCC2C3C(O)[C@@H](O)[C@@H]4C[C@H](O)CC[C@]4(C)C3CC[C@@]21C. The fourth-order valence-electron chi connectivity index (χ4n) is 9.18. The van der Waals surface area contributed by atoms with Crippen molar-refractivity contribution in [1.29, 1.82) is 0 Å². The van der Waals surface area contributed by atoms with Crippen LogP contribution in [0.3, 0.4) is 0 Å². The monoisotopic (exact) mass is 515 g/mol. The molecule has 0 aromatic rings. The van der Waals surface area contributed by atoms with Gasteiger partial charge in [-0.3, -0.25) is 9.35 Å². The molecule has 202 valence electrons. The average molecular weight is 516 g/mol. The van der Waals surface area contributed by atoms with E-state index in [2.05, 4.69) is 26.1 Å². The van der Waals surface area contributed by atoms with Crippen LogP contribution in [-0.2, 0) is 14.9 Å². The van der Waals surface area contributed by atoms with E-state index in [1.807, 2.05) is 0 Å². The first-order valence-corrected chi connectivity index (χ1v) is 15.1. The highest BCUT2D eigenvalue weighted by Crippen LogP contribution is 2.68. The van der Waals surface area contributed by atoms with Gasteiger partial charge in [-0.1, -0.05) is 20.8 Å². The Morgan fingerprint density at radius 1 is 0.971 bits per heavy atom. The number of hydrogen-bond acceptors (Lipinski definition) is 6. The number of rotatable bonds is 7. The molecule has 4 rings (SSSR count). The van der Waals surface area contributed by atoms with Crippen molar-refractivity contribution >= 4 is 16.0 Å². The number of fused-ring (bicyclic) bond motifs is 5. The maximum Gasteiger partial charge on any atom is 0.266 e. The van der Waals surface area contributed by atoms with Gasteiger partial charge in [0, 0.05) is 13.0 Å². The Balaban J connectivity index is 1.42. The summed E-state index contributed by atoms with van der Waals surface area (Å²) in [5.41, 5.74) is 0.00776. The van der Waals surface area contributed by atoms with Crippen LogP contribution < -0.4 is 5.32 Å². The number of aliphatic hydroxyl groups is 3. The van der Waals surface area contributed by atoms with Crippen LogP contribution in [0.1, 0.15) is 78.6 Å². The van der Waals surface area contributed by atoms with Gasteiger partial charge in [-0.2, -0.15) is 8.42 Å². The lowest BCUT2D eigenvalue weighted by Gasteiger charge is -2.63. The Labute approximate surface area is 210 Å². The Bertz CT molecular complexity index is 896. The molecule has 1 amide bonds. The summed E-state index contributed by atoms with van der Waals surface area (Å²) in [4.78, 5) is 12.2. The fourth-order valence-corrected chi connectivity index (χ4v) is 9.54. The van der Waals surface area contributed by atoms with Crippen LogP contribution in [0.25, 0.3) is 0 Å². The molecule has 0 bridgehead atoms. The molecule has 0 aromatic heterocycles. The second kappa shape index (κ2) is 9.86. The molecule has 4 saturated carbocycles. The van der Waals surface area contributed by atoms with Crippen molar-refractivity contribution in [1.82, 2.24) is 5.32 Å². The lowest BCUT2D eigenvalue weighted by Crippen LogP contribution is -2.64. The van der Waals surface area contributed by atoms with Crippen molar-refractivity contribution in [3.05, 3.63) is 0 Å². The predicted molar refractivity (Wildman–Crippen MR) is 132 cm³/mol. The molecule has 4 unspecified atom stereocenters. The van der Waals surface area contributed by atoms with Gasteiger partial charge in [0.15, 0.2) is 0 Å². The molecule has 4 fully saturated rings. The Morgan fingerprint density at radius 3 is 2.31 bits per heavy atom. The number of carbonyl (C=O) groups is 1. The lowest BCUT2D eigenvalue weighted by atomic mass is 9.43. The zero-order valence-electron chi connectivity index (χ0n) is 21.4. The highest BCUT2D eigenvalue weighted by molar-refractivity contribution is 7.85. The molecule has 0 saturated heterocycles. The summed E-state index contributed by atoms with van der Waals surface area (Å²) in [6, 6.07) is 0. The summed E-state index contributed by atoms with van der Waals surface area (Å²) >= 11 is 0. The second-order valence-corrected chi connectivity index (χ2v) is 14.3. The summed E-state index contributed by atoms with van der Waals surface area (Å²) in [5, 5.41) is 35.4. The van der Waals surface area contributed by atoms with Crippen LogP contribution in [0.5, 0.6) is 0 Å². The van der Waals surface area contributed by atoms with Crippen molar-refractivity contribution in [3.8, 4) is 0 Å². The van der Waals surface area contributed by atoms with Gasteiger partial charge in [-0.05, 0) is 97.7 Å². The summed E-state index contributed by atoms with van der Waals surface area (Å²) in [6.07, 6.45) is 5.54. The van der Waals surface area contributed by atoms with Crippen molar-refractivity contribution in [2.75, 3.05) is 12.3 Å². The van der Waals surface area contributed by atoms with Gasteiger partial charge in [-0.15, -0.1) is 0 Å². The van der Waals surface area contributed by atoms with E-state index in [0.29, 0.717) is 42.9 Å². The zero-order valence-corrected chi connectivity index (χ0v) is 22.2. The van der Waals surface area contributed by atoms with Gasteiger partial charge in [-0.25, -0.2) is 0 Å². The molecule has 4 aliphatic carbocycles. The van der Waals surface area contributed by atoms with Gasteiger partial charge < -0.3 is 20.6 Å². The molecular weight excluding hydrogens is 470 g/mol. The molecule has 8 nitrogen and oxygen atoms in total. The molecule has 9 heteroatoms. The first-order chi connectivity index (χ1) is 16.3. The normalized spacial score (nSPS) is 46.3. The zero-order chi connectivity index (χ0) is 25.8. The van der Waals surface area contributed by atoms with Gasteiger partial charge in [0.25, 0.3) is 10.1 Å². The molecule has 5 N–H and O–H groups in total. The molecule has 11 atom stereocenters. The number of nitrogens with one attached hydrogen (secondary N) is 1. The minimum Gasteiger partial charge on any atom is -0.393 e. The minimum atomic E-state index is -4.08. The first kappa shape index (κ1) is 27.3. The topological polar surface area (TPSA) is 144 Å². The number of amides is 1. The Kier molecular flexibility index (Phi) is 7.69. The molecule has 4 aliphatic rings. The second-order valence-electron chi connectivity index (χ2n) is 12.7. The molecule has 35 heavy (non-hydrogen) atoms. The summed E-state index contributed by atoms with van der Waals surface area (Å²) in [5.74, 6) is 0.781. The molecule has 0 heterocycles. The number of hydrogen-bond donors (Lipinski definition) is 5. The third-order valence-electron chi connectivity index (χ3n) is 11.0. The third kappa shape index (κ3) is 5.05. The lowest BCUT2D eigenvalue weighted by molar-refractivity contribution is -0.223. The molecule has 0 radical (unpaired) electrons. The first-order valence-electron chi connectivity index (χ1n) is 13.5. The van der Waals surface area contributed by atoms with E-state index in [1.54, 1.807) is 0 Å². The summed E-state index contributed by atoms with van der Waals surface area (Å²) in [7, 11) is -4.08. The predicted octanol–water partition coefficient (Wildman–Crippen LogP) is 2.37. The van der Waals surface area contributed by atoms with Crippen molar-refractivity contribution in [2.45, 2.75) is 96.9 Å². The van der Waals surface area contributed by atoms with Gasteiger partial charge in [0.2, 0.25) is 5.91 Å². The average Bonchev–Trinajstić information content (AvgIpc) is 3.13. The Morgan fingerprint density at radius 2 is 1.63 bits per heavy atom. The van der Waals surface area contributed by atoms with Crippen molar-refractivity contribution in [3.63, 3.8) is 0 Å². The maximum absolute atomic E-state index is 12.2. The number of aliphatic hydroxyl groups excluding tert-OH is 3. The van der Waals surface area contributed by atoms with Gasteiger partial charge >= 0.3 is 0 Å². The largest absolute Gasteiger partial charge is 0.393 e. The van der Waals surface area contributed by atoms with Gasteiger partial charge in [0.1, 0.15) is 0 Å². The standard InChI is InChI=1S/C26H45NO7S/c1-15(4-7-21(29)27-12-13-35(32,33)34)17-5-6-18-22-19(9-11-25(17,18)2)26(3)10-8-16(28)14-20(26)23(30)24(22)31/h15-20,22-24,28,30-31H,4-14H2,1-3H3,(H,27,29)(H,32,33,34)/t15-,16-,17-,18?,19?,20+,22?,23+,24?,25-,26-/m1/s1. The van der Waals surface area contributed by atoms with Crippen LogP contribution in [0, 0.1) is 46.3 Å². The summed E-state index contributed by atoms with van der Waals surface area (Å²) in [6.45, 7) is 6.75. The van der Waals surface area contributed by atoms with Crippen LogP contribution >= 0.6 is 0 Å². The maximum atomic E-state index is 12.2. The van der Waals surface area contributed by atoms with E-state index in [1.165, 1.54) is 0 Å². The van der Waals surface area contributed by atoms with E-state index >= 15 is 0 Å². The molecule has 0 aromatic carbocycles. The van der Waals surface area contributed by atoms with Crippen molar-refractivity contribution < 1.29 is 33.1 Å². The smallest absolute Gasteiger partial charge is 0.266 e. The van der Waals surface area contributed by atoms with E-state index in [0.717, 1.165) is 38.5 Å². The van der Waals surface area contributed by atoms with Crippen LogP contribution in [0.4, 0.5) is 0 Å². The van der Waals surface area contributed by atoms with E-state index in [4.69, 9.17) is 4.55 Å². The fraction of sp³-hybridized carbons (Fsp3) is 0.962. The van der Waals surface area contributed by atoms with Crippen LogP contribution in [-0.4, -0.2) is 64.8 Å². The molecular formula is C26H45NO7S. The molecule has 0 spiro atoms. The highest BCUT2D eigenvalue weighted by atomic mass is 32.2. The van der Waals surface area contributed by atoms with E-state index in [9.17, 15) is 28.5 Å². The van der Waals surface area contributed by atoms with Crippen molar-refractivity contribution in [2.24, 2.45) is 46.3 Å².